The summed E-state index contributed by atoms with van der Waals surface area (Å²) in [5.74, 6) is 0.739. The first-order valence-corrected chi connectivity index (χ1v) is 8.79. The third kappa shape index (κ3) is 3.28. The highest BCUT2D eigenvalue weighted by atomic mass is 79.9. The maximum Gasteiger partial charge on any atom is 0.266 e. The van der Waals surface area contributed by atoms with Crippen molar-refractivity contribution >= 4 is 38.8 Å². The predicted molar refractivity (Wildman–Crippen MR) is 95.9 cm³/mol. The average Bonchev–Trinajstić information content (AvgIpc) is 2.60. The van der Waals surface area contributed by atoms with Crippen LogP contribution in [0.2, 0.25) is 0 Å². The average molecular weight is 394 g/mol. The van der Waals surface area contributed by atoms with Gasteiger partial charge in [0.15, 0.2) is 0 Å². The number of carbonyl (C=O) groups is 1. The number of hydrogen-bond acceptors (Lipinski definition) is 5. The van der Waals surface area contributed by atoms with Gasteiger partial charge in [-0.2, -0.15) is 4.98 Å². The number of anilines is 1. The van der Waals surface area contributed by atoms with Gasteiger partial charge in [-0.25, -0.2) is 4.98 Å². The fraction of sp³-hybridized carbons (Fsp3) is 0.500. The predicted octanol–water partition coefficient (Wildman–Crippen LogP) is 1.81. The molecule has 0 saturated heterocycles. The van der Waals surface area contributed by atoms with E-state index in [4.69, 9.17) is 0 Å². The lowest BCUT2D eigenvalue weighted by molar-refractivity contribution is -0.125. The van der Waals surface area contributed by atoms with Gasteiger partial charge >= 0.3 is 0 Å². The van der Waals surface area contributed by atoms with Gasteiger partial charge in [-0.3, -0.25) is 14.2 Å². The molecule has 0 spiro atoms. The smallest absolute Gasteiger partial charge is 0.266 e. The van der Waals surface area contributed by atoms with Crippen molar-refractivity contribution in [3.8, 4) is 0 Å². The minimum Gasteiger partial charge on any atom is -0.359 e. The van der Waals surface area contributed by atoms with E-state index < -0.39 is 0 Å². The number of halogens is 1. The molecule has 1 aliphatic rings. The summed E-state index contributed by atoms with van der Waals surface area (Å²) in [4.78, 5) is 32.5. The molecule has 0 aliphatic heterocycles. The maximum absolute atomic E-state index is 12.0. The molecule has 7 nitrogen and oxygen atoms in total. The summed E-state index contributed by atoms with van der Waals surface area (Å²) in [5, 5.41) is 6.85. The number of pyridine rings is 1. The molecule has 2 N–H and O–H groups in total. The van der Waals surface area contributed by atoms with Gasteiger partial charge in [-0.1, -0.05) is 0 Å². The summed E-state index contributed by atoms with van der Waals surface area (Å²) in [6.07, 6.45) is 5.23. The van der Waals surface area contributed by atoms with E-state index in [1.165, 1.54) is 4.57 Å². The van der Waals surface area contributed by atoms with Crippen LogP contribution in [0.1, 0.15) is 25.7 Å². The monoisotopic (exact) mass is 393 g/mol. The highest BCUT2D eigenvalue weighted by molar-refractivity contribution is 9.10. The van der Waals surface area contributed by atoms with Crippen molar-refractivity contribution < 1.29 is 4.79 Å². The minimum atomic E-state index is -0.127. The van der Waals surface area contributed by atoms with E-state index >= 15 is 0 Å². The highest BCUT2D eigenvalue weighted by Crippen LogP contribution is 2.26. The van der Waals surface area contributed by atoms with Crippen molar-refractivity contribution in [2.24, 2.45) is 13.0 Å². The van der Waals surface area contributed by atoms with Crippen LogP contribution in [0.15, 0.2) is 21.5 Å². The Bertz CT molecular complexity index is 827. The fourth-order valence-corrected chi connectivity index (χ4v) is 3.68. The number of carbonyl (C=O) groups excluding carboxylic acids is 1. The lowest BCUT2D eigenvalue weighted by Gasteiger charge is -2.28. The molecule has 2 aromatic heterocycles. The van der Waals surface area contributed by atoms with E-state index in [9.17, 15) is 9.59 Å². The molecule has 2 heterocycles. The molecule has 0 radical (unpaired) electrons. The molecule has 0 bridgehead atoms. The van der Waals surface area contributed by atoms with Crippen LogP contribution in [0.25, 0.3) is 11.0 Å². The number of hydrogen-bond donors (Lipinski definition) is 2. The lowest BCUT2D eigenvalue weighted by atomic mass is 9.85. The summed E-state index contributed by atoms with van der Waals surface area (Å²) in [7, 11) is 3.37. The van der Waals surface area contributed by atoms with Crippen molar-refractivity contribution in [2.75, 3.05) is 12.4 Å². The molecule has 24 heavy (non-hydrogen) atoms. The Hall–Kier alpha value is -1.96. The third-order valence-corrected chi connectivity index (χ3v) is 5.15. The molecule has 0 unspecified atom stereocenters. The first kappa shape index (κ1) is 16.9. The molecule has 2 aromatic rings. The number of aromatic nitrogens is 3. The van der Waals surface area contributed by atoms with Gasteiger partial charge in [-0.05, 0) is 47.7 Å². The van der Waals surface area contributed by atoms with Gasteiger partial charge in [0.2, 0.25) is 11.9 Å². The van der Waals surface area contributed by atoms with Crippen LogP contribution >= 0.6 is 15.9 Å². The van der Waals surface area contributed by atoms with Gasteiger partial charge in [0.25, 0.3) is 5.56 Å². The molecule has 0 atom stereocenters. The number of nitrogens with one attached hydrogen (secondary N) is 2. The molecule has 128 valence electrons. The Morgan fingerprint density at radius 3 is 2.71 bits per heavy atom. The second kappa shape index (κ2) is 6.88. The quantitative estimate of drug-likeness (QED) is 0.829. The Balaban J connectivity index is 1.75. The van der Waals surface area contributed by atoms with Crippen LogP contribution in [0.3, 0.4) is 0 Å². The number of nitrogens with zero attached hydrogens (tertiary/aromatic N) is 3. The maximum atomic E-state index is 12.0. The zero-order chi connectivity index (χ0) is 17.3. The molecule has 8 heteroatoms. The lowest BCUT2D eigenvalue weighted by Crippen LogP contribution is -2.34. The normalized spacial score (nSPS) is 20.8. The van der Waals surface area contributed by atoms with Crippen LogP contribution in [-0.4, -0.2) is 33.5 Å². The SMILES string of the molecule is CNC(=O)[C@H]1CC[C@H](Nc2ncc3cc(Br)c(=O)n(C)c3n2)CC1. The summed E-state index contributed by atoms with van der Waals surface area (Å²) >= 11 is 3.25. The summed E-state index contributed by atoms with van der Waals surface area (Å²) in [6.45, 7) is 0. The zero-order valence-electron chi connectivity index (χ0n) is 13.7. The minimum absolute atomic E-state index is 0.101. The number of rotatable bonds is 3. The second-order valence-electron chi connectivity index (χ2n) is 6.14. The van der Waals surface area contributed by atoms with Gasteiger partial charge in [0.1, 0.15) is 5.65 Å². The second-order valence-corrected chi connectivity index (χ2v) is 6.99. The molecular weight excluding hydrogens is 374 g/mol. The molecular formula is C16H20BrN5O2. The van der Waals surface area contributed by atoms with Crippen LogP contribution in [0.5, 0.6) is 0 Å². The van der Waals surface area contributed by atoms with E-state index in [1.807, 2.05) is 0 Å². The summed E-state index contributed by atoms with van der Waals surface area (Å²) < 4.78 is 2.00. The van der Waals surface area contributed by atoms with E-state index in [-0.39, 0.29) is 23.4 Å². The van der Waals surface area contributed by atoms with Crippen molar-refractivity contribution in [1.82, 2.24) is 19.9 Å². The number of amides is 1. The van der Waals surface area contributed by atoms with Gasteiger partial charge < -0.3 is 10.6 Å². The highest BCUT2D eigenvalue weighted by Gasteiger charge is 2.26. The largest absolute Gasteiger partial charge is 0.359 e. The molecule has 3 rings (SSSR count). The Labute approximate surface area is 148 Å². The molecule has 0 aromatic carbocycles. The topological polar surface area (TPSA) is 88.9 Å². The Morgan fingerprint density at radius 2 is 2.04 bits per heavy atom. The third-order valence-electron chi connectivity index (χ3n) is 4.58. The van der Waals surface area contributed by atoms with E-state index in [1.54, 1.807) is 26.4 Å². The van der Waals surface area contributed by atoms with Gasteiger partial charge in [-0.15, -0.1) is 0 Å². The standard InChI is InChI=1S/C16H20BrN5O2/c1-18-14(23)9-3-5-11(6-4-9)20-16-19-8-10-7-12(17)15(24)22(2)13(10)21-16/h7-9,11H,3-6H2,1-2H3,(H,18,23)(H,19,20,21)/t9-,11-. The number of fused-ring (bicyclic) bond motifs is 1. The van der Waals surface area contributed by atoms with Crippen LogP contribution in [0.4, 0.5) is 5.95 Å². The molecule has 1 saturated carbocycles. The van der Waals surface area contributed by atoms with E-state index in [0.717, 1.165) is 31.1 Å². The Kier molecular flexibility index (Phi) is 4.84. The van der Waals surface area contributed by atoms with Crippen LogP contribution in [0, 0.1) is 5.92 Å². The van der Waals surface area contributed by atoms with Crippen molar-refractivity contribution in [1.29, 1.82) is 0 Å². The van der Waals surface area contributed by atoms with E-state index in [2.05, 4.69) is 36.5 Å². The van der Waals surface area contributed by atoms with Crippen LogP contribution < -0.4 is 16.2 Å². The van der Waals surface area contributed by atoms with Crippen molar-refractivity contribution in [3.05, 3.63) is 27.1 Å². The van der Waals surface area contributed by atoms with Crippen LogP contribution in [-0.2, 0) is 11.8 Å². The first-order chi connectivity index (χ1) is 11.5. The first-order valence-electron chi connectivity index (χ1n) is 8.00. The molecule has 1 fully saturated rings. The van der Waals surface area contributed by atoms with Gasteiger partial charge in [0.05, 0.1) is 4.47 Å². The van der Waals surface area contributed by atoms with Gasteiger partial charge in [0, 0.05) is 37.6 Å². The Morgan fingerprint density at radius 1 is 1.33 bits per heavy atom. The zero-order valence-corrected chi connectivity index (χ0v) is 15.3. The molecule has 1 amide bonds. The summed E-state index contributed by atoms with van der Waals surface area (Å²) in [6, 6.07) is 1.98. The number of aryl methyl sites for hydroxylation is 1. The summed E-state index contributed by atoms with van der Waals surface area (Å²) in [5.41, 5.74) is 0.470. The fourth-order valence-electron chi connectivity index (χ4n) is 3.16. The van der Waals surface area contributed by atoms with Crippen molar-refractivity contribution in [2.45, 2.75) is 31.7 Å². The van der Waals surface area contributed by atoms with E-state index in [0.29, 0.717) is 16.1 Å². The van der Waals surface area contributed by atoms with Crippen molar-refractivity contribution in [3.63, 3.8) is 0 Å². The molecule has 1 aliphatic carbocycles.